The second-order valence-corrected chi connectivity index (χ2v) is 7.04. The third-order valence-electron chi connectivity index (χ3n) is 4.99. The van der Waals surface area contributed by atoms with E-state index in [1.165, 1.54) is 24.8 Å². The van der Waals surface area contributed by atoms with Gasteiger partial charge in [0.15, 0.2) is 0 Å². The highest BCUT2D eigenvalue weighted by Crippen LogP contribution is 2.18. The third-order valence-corrected chi connectivity index (χ3v) is 4.99. The Morgan fingerprint density at radius 3 is 2.30 bits per heavy atom. The number of amides is 2. The van der Waals surface area contributed by atoms with Crippen LogP contribution in [0.3, 0.4) is 0 Å². The Kier molecular flexibility index (Phi) is 6.97. The maximum absolute atomic E-state index is 12.1. The minimum Gasteiger partial charge on any atom is -0.497 e. The monoisotopic (exact) mass is 367 g/mol. The summed E-state index contributed by atoms with van der Waals surface area (Å²) >= 11 is 0. The van der Waals surface area contributed by atoms with Gasteiger partial charge in [-0.25, -0.2) is 4.79 Å². The second-order valence-electron chi connectivity index (χ2n) is 7.04. The first-order chi connectivity index (χ1) is 13.2. The number of urea groups is 1. The standard InChI is InChI=1S/C22H29N3O2/c1-27-21-13-7-17(8-14-21)15-16-23-18-9-11-20(12-10-18)25-22(26)24-19-5-3-2-4-6-19/h7-14,19,23H,2-6,15-16H2,1H3,(H2,24,25,26). The number of rotatable bonds is 7. The van der Waals surface area contributed by atoms with Crippen LogP contribution in [0, 0.1) is 0 Å². The molecule has 1 aliphatic carbocycles. The fraction of sp³-hybridized carbons (Fsp3) is 0.409. The molecule has 0 unspecified atom stereocenters. The van der Waals surface area contributed by atoms with Gasteiger partial charge in [-0.05, 0) is 61.2 Å². The molecule has 2 aromatic rings. The summed E-state index contributed by atoms with van der Waals surface area (Å²) in [5.41, 5.74) is 3.12. The van der Waals surface area contributed by atoms with Crippen LogP contribution in [-0.2, 0) is 6.42 Å². The SMILES string of the molecule is COc1ccc(CCNc2ccc(NC(=O)NC3CCCCC3)cc2)cc1. The van der Waals surface area contributed by atoms with Gasteiger partial charge in [-0.3, -0.25) is 0 Å². The Hall–Kier alpha value is -2.69. The summed E-state index contributed by atoms with van der Waals surface area (Å²) in [5.74, 6) is 0.877. The summed E-state index contributed by atoms with van der Waals surface area (Å²) in [4.78, 5) is 12.1. The van der Waals surface area contributed by atoms with E-state index in [1.54, 1.807) is 7.11 Å². The van der Waals surface area contributed by atoms with Crippen molar-refractivity contribution in [3.8, 4) is 5.75 Å². The number of ether oxygens (including phenoxy) is 1. The average molecular weight is 367 g/mol. The molecule has 3 rings (SSSR count). The maximum atomic E-state index is 12.1. The Labute approximate surface area is 161 Å². The highest BCUT2D eigenvalue weighted by Gasteiger charge is 2.15. The number of carbonyl (C=O) groups excluding carboxylic acids is 1. The molecule has 0 saturated heterocycles. The zero-order chi connectivity index (χ0) is 18.9. The van der Waals surface area contributed by atoms with E-state index in [2.05, 4.69) is 28.1 Å². The molecule has 3 N–H and O–H groups in total. The first kappa shape index (κ1) is 19.1. The van der Waals surface area contributed by atoms with Crippen molar-refractivity contribution in [3.63, 3.8) is 0 Å². The minimum atomic E-state index is -0.109. The second kappa shape index (κ2) is 9.86. The lowest BCUT2D eigenvalue weighted by Gasteiger charge is -2.22. The molecule has 1 saturated carbocycles. The number of anilines is 2. The van der Waals surface area contributed by atoms with Crippen molar-refractivity contribution in [3.05, 3.63) is 54.1 Å². The molecule has 5 heteroatoms. The van der Waals surface area contributed by atoms with Crippen molar-refractivity contribution < 1.29 is 9.53 Å². The van der Waals surface area contributed by atoms with Crippen molar-refractivity contribution in [2.24, 2.45) is 0 Å². The van der Waals surface area contributed by atoms with Crippen LogP contribution in [0.15, 0.2) is 48.5 Å². The van der Waals surface area contributed by atoms with E-state index in [4.69, 9.17) is 4.74 Å². The normalized spacial score (nSPS) is 14.4. The van der Waals surface area contributed by atoms with E-state index in [0.29, 0.717) is 6.04 Å². The number of hydrogen-bond donors (Lipinski definition) is 3. The van der Waals surface area contributed by atoms with Crippen LogP contribution < -0.4 is 20.7 Å². The van der Waals surface area contributed by atoms with E-state index < -0.39 is 0 Å². The molecule has 0 aromatic heterocycles. The molecule has 1 aliphatic rings. The topological polar surface area (TPSA) is 62.4 Å². The highest BCUT2D eigenvalue weighted by molar-refractivity contribution is 5.89. The van der Waals surface area contributed by atoms with E-state index in [1.807, 2.05) is 36.4 Å². The molecule has 0 radical (unpaired) electrons. The maximum Gasteiger partial charge on any atom is 0.319 e. The van der Waals surface area contributed by atoms with E-state index in [0.717, 1.165) is 42.9 Å². The average Bonchev–Trinajstić information content (AvgIpc) is 2.70. The van der Waals surface area contributed by atoms with Gasteiger partial charge in [0.25, 0.3) is 0 Å². The molecular formula is C22H29N3O2. The summed E-state index contributed by atoms with van der Waals surface area (Å²) in [6.07, 6.45) is 6.82. The number of hydrogen-bond acceptors (Lipinski definition) is 3. The Balaban J connectivity index is 1.40. The number of methoxy groups -OCH3 is 1. The van der Waals surface area contributed by atoms with Crippen molar-refractivity contribution in [1.82, 2.24) is 5.32 Å². The molecule has 5 nitrogen and oxygen atoms in total. The van der Waals surface area contributed by atoms with Gasteiger partial charge in [-0.15, -0.1) is 0 Å². The molecule has 144 valence electrons. The smallest absolute Gasteiger partial charge is 0.319 e. The van der Waals surface area contributed by atoms with Crippen LogP contribution in [0.4, 0.5) is 16.2 Å². The Morgan fingerprint density at radius 1 is 0.963 bits per heavy atom. The van der Waals surface area contributed by atoms with Crippen molar-refractivity contribution >= 4 is 17.4 Å². The van der Waals surface area contributed by atoms with Gasteiger partial charge in [0, 0.05) is 24.0 Å². The van der Waals surface area contributed by atoms with Crippen molar-refractivity contribution in [2.45, 2.75) is 44.6 Å². The van der Waals surface area contributed by atoms with Gasteiger partial charge in [0.05, 0.1) is 7.11 Å². The van der Waals surface area contributed by atoms with Crippen LogP contribution >= 0.6 is 0 Å². The molecule has 0 atom stereocenters. The lowest BCUT2D eigenvalue weighted by atomic mass is 9.96. The summed E-state index contributed by atoms with van der Waals surface area (Å²) in [5, 5.41) is 9.40. The van der Waals surface area contributed by atoms with E-state index in [-0.39, 0.29) is 6.03 Å². The van der Waals surface area contributed by atoms with Crippen LogP contribution in [0.25, 0.3) is 0 Å². The predicted octanol–water partition coefficient (Wildman–Crippen LogP) is 4.80. The van der Waals surface area contributed by atoms with Crippen LogP contribution in [-0.4, -0.2) is 25.7 Å². The molecule has 1 fully saturated rings. The summed E-state index contributed by atoms with van der Waals surface area (Å²) in [6.45, 7) is 0.848. The summed E-state index contributed by atoms with van der Waals surface area (Å²) in [6, 6.07) is 16.2. The summed E-state index contributed by atoms with van der Waals surface area (Å²) in [7, 11) is 1.68. The number of carbonyl (C=O) groups is 1. The van der Waals surface area contributed by atoms with Crippen LogP contribution in [0.1, 0.15) is 37.7 Å². The molecule has 0 heterocycles. The predicted molar refractivity (Wildman–Crippen MR) is 111 cm³/mol. The molecular weight excluding hydrogens is 338 g/mol. The Morgan fingerprint density at radius 2 is 1.63 bits per heavy atom. The first-order valence-electron chi connectivity index (χ1n) is 9.77. The van der Waals surface area contributed by atoms with Crippen LogP contribution in [0.5, 0.6) is 5.75 Å². The van der Waals surface area contributed by atoms with Gasteiger partial charge in [0.2, 0.25) is 0 Å². The third kappa shape index (κ3) is 6.20. The zero-order valence-corrected chi connectivity index (χ0v) is 16.0. The highest BCUT2D eigenvalue weighted by atomic mass is 16.5. The molecule has 27 heavy (non-hydrogen) atoms. The quantitative estimate of drug-likeness (QED) is 0.658. The molecule has 0 bridgehead atoms. The number of benzene rings is 2. The fourth-order valence-electron chi connectivity index (χ4n) is 3.41. The largest absolute Gasteiger partial charge is 0.497 e. The fourth-order valence-corrected chi connectivity index (χ4v) is 3.41. The van der Waals surface area contributed by atoms with E-state index in [9.17, 15) is 4.79 Å². The molecule has 0 spiro atoms. The van der Waals surface area contributed by atoms with Crippen molar-refractivity contribution in [2.75, 3.05) is 24.3 Å². The molecule has 0 aliphatic heterocycles. The number of nitrogens with one attached hydrogen (secondary N) is 3. The van der Waals surface area contributed by atoms with E-state index >= 15 is 0 Å². The van der Waals surface area contributed by atoms with Gasteiger partial charge >= 0.3 is 6.03 Å². The van der Waals surface area contributed by atoms with Crippen LogP contribution in [0.2, 0.25) is 0 Å². The lowest BCUT2D eigenvalue weighted by Crippen LogP contribution is -2.38. The molecule has 2 aromatic carbocycles. The van der Waals surface area contributed by atoms with Gasteiger partial charge < -0.3 is 20.7 Å². The summed E-state index contributed by atoms with van der Waals surface area (Å²) < 4.78 is 5.17. The lowest BCUT2D eigenvalue weighted by molar-refractivity contribution is 0.244. The minimum absolute atomic E-state index is 0.109. The van der Waals surface area contributed by atoms with Crippen molar-refractivity contribution in [1.29, 1.82) is 0 Å². The Bertz CT molecular complexity index is 707. The van der Waals surface area contributed by atoms with Gasteiger partial charge in [-0.1, -0.05) is 31.4 Å². The van der Waals surface area contributed by atoms with Gasteiger partial charge in [-0.2, -0.15) is 0 Å². The molecule has 2 amide bonds. The zero-order valence-electron chi connectivity index (χ0n) is 16.0. The first-order valence-corrected chi connectivity index (χ1v) is 9.77. The van der Waals surface area contributed by atoms with Gasteiger partial charge in [0.1, 0.15) is 5.75 Å².